The number of ether oxygens (including phenoxy) is 1. The molecular weight excluding hydrogens is 304 g/mol. The molecule has 2 aromatic carbocycles. The Balaban J connectivity index is 1.65. The molecule has 0 aliphatic heterocycles. The van der Waals surface area contributed by atoms with E-state index in [0.29, 0.717) is 12.2 Å². The first-order valence-electron chi connectivity index (χ1n) is 7.81. The van der Waals surface area contributed by atoms with Crippen LogP contribution in [0.25, 0.3) is 0 Å². The lowest BCUT2D eigenvalue weighted by molar-refractivity contribution is -0.121. The first-order chi connectivity index (χ1) is 11.7. The van der Waals surface area contributed by atoms with Crippen molar-refractivity contribution in [2.45, 2.75) is 25.0 Å². The number of carbonyl (C=O) groups is 1. The molecule has 3 rings (SSSR count). The van der Waals surface area contributed by atoms with Gasteiger partial charge < -0.3 is 15.2 Å². The molecule has 5 heteroatoms. The van der Waals surface area contributed by atoms with Crippen LogP contribution < -0.4 is 10.1 Å². The molecule has 0 heterocycles. The summed E-state index contributed by atoms with van der Waals surface area (Å²) in [6.07, 6.45) is 0.143. The molecule has 1 aliphatic carbocycles. The maximum atomic E-state index is 12.3. The normalized spacial score (nSPS) is 18.5. The lowest BCUT2D eigenvalue weighted by atomic mass is 10.1. The molecule has 0 fully saturated rings. The Morgan fingerprint density at radius 2 is 2.12 bits per heavy atom. The highest BCUT2D eigenvalue weighted by molar-refractivity contribution is 5.79. The molecule has 0 saturated heterocycles. The smallest absolute Gasteiger partial charge is 0.224 e. The van der Waals surface area contributed by atoms with Gasteiger partial charge in [0.05, 0.1) is 18.6 Å². The topological polar surface area (TPSA) is 82.3 Å². The van der Waals surface area contributed by atoms with Crippen LogP contribution in [0, 0.1) is 11.3 Å². The highest BCUT2D eigenvalue weighted by Gasteiger charge is 2.31. The number of aliphatic hydroxyl groups excluding tert-OH is 1. The number of hydrogen-bond acceptors (Lipinski definition) is 4. The fraction of sp³-hybridized carbons (Fsp3) is 0.263. The number of carbonyl (C=O) groups excluding carboxylic acids is 1. The standard InChI is InChI=1S/C19H18N2O3/c20-8-9-24-15-6-3-4-13(10-15)11-18(23)21-19-16-7-2-1-5-14(16)12-17(19)22/h1-7,10,17,19,22H,9,11-12H2,(H,21,23). The molecule has 2 unspecified atom stereocenters. The number of nitriles is 1. The highest BCUT2D eigenvalue weighted by Crippen LogP contribution is 2.31. The van der Waals surface area contributed by atoms with E-state index < -0.39 is 6.10 Å². The van der Waals surface area contributed by atoms with Crippen LogP contribution in [0.1, 0.15) is 22.7 Å². The summed E-state index contributed by atoms with van der Waals surface area (Å²) in [5, 5.41) is 21.7. The monoisotopic (exact) mass is 322 g/mol. The van der Waals surface area contributed by atoms with Gasteiger partial charge in [-0.1, -0.05) is 36.4 Å². The van der Waals surface area contributed by atoms with Gasteiger partial charge in [-0.25, -0.2) is 0 Å². The van der Waals surface area contributed by atoms with E-state index in [1.165, 1.54) is 0 Å². The molecular formula is C19H18N2O3. The molecule has 122 valence electrons. The molecule has 0 bridgehead atoms. The molecule has 24 heavy (non-hydrogen) atoms. The van der Waals surface area contributed by atoms with Gasteiger partial charge in [0.25, 0.3) is 0 Å². The molecule has 2 atom stereocenters. The van der Waals surface area contributed by atoms with E-state index in [0.717, 1.165) is 16.7 Å². The van der Waals surface area contributed by atoms with Crippen LogP contribution in [0.15, 0.2) is 48.5 Å². The molecule has 0 spiro atoms. The summed E-state index contributed by atoms with van der Waals surface area (Å²) < 4.78 is 5.24. The van der Waals surface area contributed by atoms with Gasteiger partial charge in [0.2, 0.25) is 5.91 Å². The average molecular weight is 322 g/mol. The van der Waals surface area contributed by atoms with Crippen molar-refractivity contribution in [2.24, 2.45) is 0 Å². The number of nitrogens with one attached hydrogen (secondary N) is 1. The van der Waals surface area contributed by atoms with E-state index in [1.807, 2.05) is 36.4 Å². The summed E-state index contributed by atoms with van der Waals surface area (Å²) in [6, 6.07) is 16.4. The van der Waals surface area contributed by atoms with Crippen LogP contribution in [0.3, 0.4) is 0 Å². The molecule has 1 amide bonds. The minimum atomic E-state index is -0.600. The zero-order valence-corrected chi connectivity index (χ0v) is 13.1. The van der Waals surface area contributed by atoms with Gasteiger partial charge in [0, 0.05) is 6.42 Å². The van der Waals surface area contributed by atoms with Crippen molar-refractivity contribution in [3.63, 3.8) is 0 Å². The van der Waals surface area contributed by atoms with Crippen molar-refractivity contribution in [2.75, 3.05) is 6.61 Å². The van der Waals surface area contributed by atoms with Gasteiger partial charge in [0.1, 0.15) is 11.8 Å². The van der Waals surface area contributed by atoms with Crippen LogP contribution >= 0.6 is 0 Å². The number of nitrogens with zero attached hydrogens (tertiary/aromatic N) is 1. The SMILES string of the molecule is N#CCOc1cccc(CC(=O)NC2c3ccccc3CC2O)c1. The van der Waals surface area contributed by atoms with E-state index in [-0.39, 0.29) is 25.0 Å². The number of benzene rings is 2. The third-order valence-electron chi connectivity index (χ3n) is 4.09. The highest BCUT2D eigenvalue weighted by atomic mass is 16.5. The summed E-state index contributed by atoms with van der Waals surface area (Å²) >= 11 is 0. The van der Waals surface area contributed by atoms with Gasteiger partial charge in [-0.2, -0.15) is 5.26 Å². The Bertz CT molecular complexity index is 782. The van der Waals surface area contributed by atoms with Crippen molar-refractivity contribution in [3.8, 4) is 11.8 Å². The Morgan fingerprint density at radius 3 is 2.96 bits per heavy atom. The Hall–Kier alpha value is -2.84. The van der Waals surface area contributed by atoms with E-state index in [9.17, 15) is 9.90 Å². The number of aliphatic hydroxyl groups is 1. The lowest BCUT2D eigenvalue weighted by Crippen LogP contribution is -2.34. The largest absolute Gasteiger partial charge is 0.479 e. The number of amides is 1. The van der Waals surface area contributed by atoms with E-state index >= 15 is 0 Å². The van der Waals surface area contributed by atoms with Crippen molar-refractivity contribution in [1.29, 1.82) is 5.26 Å². The van der Waals surface area contributed by atoms with Gasteiger partial charge in [-0.15, -0.1) is 0 Å². The molecule has 2 aromatic rings. The summed E-state index contributed by atoms with van der Waals surface area (Å²) in [6.45, 7) is -0.0271. The third-order valence-corrected chi connectivity index (χ3v) is 4.09. The number of fused-ring (bicyclic) bond motifs is 1. The van der Waals surface area contributed by atoms with Gasteiger partial charge in [-0.05, 0) is 28.8 Å². The van der Waals surface area contributed by atoms with E-state index in [2.05, 4.69) is 5.32 Å². The van der Waals surface area contributed by atoms with Crippen molar-refractivity contribution in [1.82, 2.24) is 5.32 Å². The summed E-state index contributed by atoms with van der Waals surface area (Å²) in [5.74, 6) is 0.404. The van der Waals surface area contributed by atoms with E-state index in [4.69, 9.17) is 10.00 Å². The first-order valence-corrected chi connectivity index (χ1v) is 7.81. The second-order valence-corrected chi connectivity index (χ2v) is 5.79. The molecule has 5 nitrogen and oxygen atoms in total. The Kier molecular flexibility index (Phi) is 4.78. The van der Waals surface area contributed by atoms with Crippen molar-refractivity contribution < 1.29 is 14.6 Å². The van der Waals surface area contributed by atoms with Crippen LogP contribution in [0.2, 0.25) is 0 Å². The molecule has 2 N–H and O–H groups in total. The summed E-state index contributed by atoms with van der Waals surface area (Å²) in [5.41, 5.74) is 2.84. The Morgan fingerprint density at radius 1 is 1.29 bits per heavy atom. The van der Waals surface area contributed by atoms with Crippen molar-refractivity contribution in [3.05, 3.63) is 65.2 Å². The third kappa shape index (κ3) is 3.55. The zero-order chi connectivity index (χ0) is 16.9. The predicted octanol–water partition coefficient (Wildman–Crippen LogP) is 1.91. The number of hydrogen-bond donors (Lipinski definition) is 2. The summed E-state index contributed by atoms with van der Waals surface area (Å²) in [4.78, 5) is 12.3. The van der Waals surface area contributed by atoms with Crippen LogP contribution in [-0.2, 0) is 17.6 Å². The van der Waals surface area contributed by atoms with Gasteiger partial charge in [0.15, 0.2) is 6.61 Å². The Labute approximate surface area is 140 Å². The zero-order valence-electron chi connectivity index (χ0n) is 13.1. The maximum absolute atomic E-state index is 12.3. The maximum Gasteiger partial charge on any atom is 0.224 e. The lowest BCUT2D eigenvalue weighted by Gasteiger charge is -2.18. The predicted molar refractivity (Wildman–Crippen MR) is 88.3 cm³/mol. The second kappa shape index (κ2) is 7.16. The van der Waals surface area contributed by atoms with Gasteiger partial charge in [-0.3, -0.25) is 4.79 Å². The molecule has 0 saturated carbocycles. The second-order valence-electron chi connectivity index (χ2n) is 5.79. The summed E-state index contributed by atoms with van der Waals surface area (Å²) in [7, 11) is 0. The number of rotatable bonds is 5. The van der Waals surface area contributed by atoms with Crippen molar-refractivity contribution >= 4 is 5.91 Å². The molecule has 0 radical (unpaired) electrons. The fourth-order valence-corrected chi connectivity index (χ4v) is 3.02. The average Bonchev–Trinajstić information content (AvgIpc) is 2.89. The van der Waals surface area contributed by atoms with E-state index in [1.54, 1.807) is 18.2 Å². The van der Waals surface area contributed by atoms with Gasteiger partial charge >= 0.3 is 0 Å². The molecule has 1 aliphatic rings. The van der Waals surface area contributed by atoms with Crippen LogP contribution in [-0.4, -0.2) is 23.7 Å². The minimum absolute atomic E-state index is 0.0271. The fourth-order valence-electron chi connectivity index (χ4n) is 3.02. The first kappa shape index (κ1) is 16.0. The van der Waals surface area contributed by atoms with Crippen LogP contribution in [0.5, 0.6) is 5.75 Å². The molecule has 0 aromatic heterocycles. The van der Waals surface area contributed by atoms with Crippen LogP contribution in [0.4, 0.5) is 0 Å². The minimum Gasteiger partial charge on any atom is -0.479 e. The quantitative estimate of drug-likeness (QED) is 0.881.